The van der Waals surface area contributed by atoms with Gasteiger partial charge in [0.05, 0.1) is 18.3 Å². The van der Waals surface area contributed by atoms with E-state index < -0.39 is 0 Å². The van der Waals surface area contributed by atoms with Crippen molar-refractivity contribution in [2.75, 3.05) is 18.7 Å². The zero-order valence-electron chi connectivity index (χ0n) is 11.7. The average molecular weight is 246 g/mol. The molecular weight excluding hydrogens is 224 g/mol. The van der Waals surface area contributed by atoms with Crippen molar-refractivity contribution in [3.8, 4) is 0 Å². The number of anilines is 1. The monoisotopic (exact) mass is 246 g/mol. The fourth-order valence-corrected chi connectivity index (χ4v) is 2.16. The molecule has 0 aliphatic carbocycles. The largest absolute Gasteiger partial charge is 0.382 e. The topological polar surface area (TPSA) is 24.8 Å². The highest BCUT2D eigenvalue weighted by Crippen LogP contribution is 2.32. The number of methoxy groups -OCH3 is 1. The molecule has 1 aromatic carbocycles. The van der Waals surface area contributed by atoms with Crippen LogP contribution in [-0.2, 0) is 11.2 Å². The molecule has 0 saturated heterocycles. The summed E-state index contributed by atoms with van der Waals surface area (Å²) in [4.78, 5) is 0. The molecule has 1 atom stereocenters. The lowest BCUT2D eigenvalue weighted by atomic mass is 9.99. The molecule has 1 aromatic rings. The highest BCUT2D eigenvalue weighted by atomic mass is 16.5. The maximum atomic E-state index is 5.30. The Kier molecular flexibility index (Phi) is 3.71. The SMILES string of the molecule is COC[C@@H]1Cc2ccccc2N1/N=C/C(C)(C)C. The van der Waals surface area contributed by atoms with Crippen LogP contribution in [0.25, 0.3) is 0 Å². The predicted octanol–water partition coefficient (Wildman–Crippen LogP) is 3.10. The summed E-state index contributed by atoms with van der Waals surface area (Å²) in [6.07, 6.45) is 3.02. The minimum Gasteiger partial charge on any atom is -0.382 e. The van der Waals surface area contributed by atoms with Gasteiger partial charge < -0.3 is 4.74 Å². The van der Waals surface area contributed by atoms with Crippen molar-refractivity contribution >= 4 is 11.9 Å². The van der Waals surface area contributed by atoms with Crippen LogP contribution in [0.4, 0.5) is 5.69 Å². The first kappa shape index (κ1) is 13.1. The van der Waals surface area contributed by atoms with Crippen molar-refractivity contribution in [2.45, 2.75) is 33.2 Å². The van der Waals surface area contributed by atoms with E-state index in [-0.39, 0.29) is 5.41 Å². The van der Waals surface area contributed by atoms with Gasteiger partial charge in [0.25, 0.3) is 0 Å². The molecule has 3 heteroatoms. The number of para-hydroxylation sites is 1. The van der Waals surface area contributed by atoms with E-state index in [1.54, 1.807) is 7.11 Å². The van der Waals surface area contributed by atoms with E-state index in [4.69, 9.17) is 4.74 Å². The molecule has 1 aliphatic rings. The summed E-state index contributed by atoms with van der Waals surface area (Å²) >= 11 is 0. The molecule has 1 heterocycles. The molecule has 3 nitrogen and oxygen atoms in total. The fraction of sp³-hybridized carbons (Fsp3) is 0.533. The van der Waals surface area contributed by atoms with Crippen molar-refractivity contribution in [1.29, 1.82) is 0 Å². The van der Waals surface area contributed by atoms with Crippen LogP contribution in [0.3, 0.4) is 0 Å². The fourth-order valence-electron chi connectivity index (χ4n) is 2.16. The minimum atomic E-state index is 0.0924. The summed E-state index contributed by atoms with van der Waals surface area (Å²) in [5.74, 6) is 0. The molecule has 0 fully saturated rings. The van der Waals surface area contributed by atoms with Crippen LogP contribution in [0.1, 0.15) is 26.3 Å². The Morgan fingerprint density at radius 1 is 1.39 bits per heavy atom. The number of fused-ring (bicyclic) bond motifs is 1. The molecule has 0 bridgehead atoms. The van der Waals surface area contributed by atoms with E-state index in [0.29, 0.717) is 12.6 Å². The van der Waals surface area contributed by atoms with Crippen LogP contribution in [0.5, 0.6) is 0 Å². The summed E-state index contributed by atoms with van der Waals surface area (Å²) in [5, 5.41) is 6.77. The predicted molar refractivity (Wildman–Crippen MR) is 76.2 cm³/mol. The number of benzene rings is 1. The Balaban J connectivity index is 2.26. The molecular formula is C15H22N2O. The first-order valence-corrected chi connectivity index (χ1v) is 6.42. The summed E-state index contributed by atoms with van der Waals surface area (Å²) in [6.45, 7) is 7.17. The van der Waals surface area contributed by atoms with Gasteiger partial charge in [0.2, 0.25) is 0 Å². The zero-order valence-corrected chi connectivity index (χ0v) is 11.7. The second kappa shape index (κ2) is 5.11. The second-order valence-electron chi connectivity index (χ2n) is 5.90. The Labute approximate surface area is 109 Å². The third-order valence-corrected chi connectivity index (χ3v) is 2.97. The number of ether oxygens (including phenoxy) is 1. The van der Waals surface area contributed by atoms with Gasteiger partial charge in [0.1, 0.15) is 0 Å². The van der Waals surface area contributed by atoms with Gasteiger partial charge in [-0.1, -0.05) is 39.0 Å². The molecule has 98 valence electrons. The van der Waals surface area contributed by atoms with Crippen LogP contribution in [0, 0.1) is 5.41 Å². The van der Waals surface area contributed by atoms with Crippen molar-refractivity contribution < 1.29 is 4.74 Å². The van der Waals surface area contributed by atoms with E-state index in [2.05, 4.69) is 55.1 Å². The summed E-state index contributed by atoms with van der Waals surface area (Å²) in [6, 6.07) is 8.76. The lowest BCUT2D eigenvalue weighted by Gasteiger charge is -2.23. The summed E-state index contributed by atoms with van der Waals surface area (Å²) in [7, 11) is 1.74. The van der Waals surface area contributed by atoms with Crippen LogP contribution in [-0.4, -0.2) is 26.0 Å². The van der Waals surface area contributed by atoms with Crippen LogP contribution >= 0.6 is 0 Å². The number of nitrogens with zero attached hydrogens (tertiary/aromatic N) is 2. The van der Waals surface area contributed by atoms with E-state index in [9.17, 15) is 0 Å². The van der Waals surface area contributed by atoms with E-state index in [1.807, 2.05) is 6.21 Å². The minimum absolute atomic E-state index is 0.0924. The molecule has 2 rings (SSSR count). The number of hydrogen-bond acceptors (Lipinski definition) is 3. The number of rotatable bonds is 3. The van der Waals surface area contributed by atoms with Crippen LogP contribution < -0.4 is 5.01 Å². The third-order valence-electron chi connectivity index (χ3n) is 2.97. The Morgan fingerprint density at radius 2 is 2.11 bits per heavy atom. The molecule has 0 radical (unpaired) electrons. The van der Waals surface area contributed by atoms with Crippen molar-refractivity contribution in [1.82, 2.24) is 0 Å². The van der Waals surface area contributed by atoms with Gasteiger partial charge in [0.15, 0.2) is 0 Å². The van der Waals surface area contributed by atoms with Gasteiger partial charge in [-0.05, 0) is 23.5 Å². The molecule has 1 aliphatic heterocycles. The van der Waals surface area contributed by atoms with Gasteiger partial charge in [0, 0.05) is 13.3 Å². The van der Waals surface area contributed by atoms with Crippen LogP contribution in [0.2, 0.25) is 0 Å². The maximum absolute atomic E-state index is 5.30. The molecule has 0 unspecified atom stereocenters. The normalized spacial score (nSPS) is 19.6. The zero-order chi connectivity index (χ0) is 13.2. The molecule has 0 N–H and O–H groups in total. The first-order valence-electron chi connectivity index (χ1n) is 6.42. The van der Waals surface area contributed by atoms with Crippen molar-refractivity contribution in [3.63, 3.8) is 0 Å². The van der Waals surface area contributed by atoms with Gasteiger partial charge in [-0.25, -0.2) is 0 Å². The average Bonchev–Trinajstić information content (AvgIpc) is 2.63. The van der Waals surface area contributed by atoms with E-state index in [1.165, 1.54) is 11.3 Å². The van der Waals surface area contributed by atoms with Crippen LogP contribution in [0.15, 0.2) is 29.4 Å². The Morgan fingerprint density at radius 3 is 2.78 bits per heavy atom. The number of hydrazone groups is 1. The highest BCUT2D eigenvalue weighted by Gasteiger charge is 2.28. The molecule has 0 aromatic heterocycles. The lowest BCUT2D eigenvalue weighted by molar-refractivity contribution is 0.179. The Bertz CT molecular complexity index is 434. The summed E-state index contributed by atoms with van der Waals surface area (Å²) in [5.41, 5.74) is 2.65. The third kappa shape index (κ3) is 2.91. The van der Waals surface area contributed by atoms with E-state index in [0.717, 1.165) is 6.42 Å². The molecule has 0 spiro atoms. The highest BCUT2D eigenvalue weighted by molar-refractivity contribution is 5.68. The van der Waals surface area contributed by atoms with Gasteiger partial charge >= 0.3 is 0 Å². The smallest absolute Gasteiger partial charge is 0.0800 e. The van der Waals surface area contributed by atoms with Gasteiger partial charge in [-0.2, -0.15) is 5.10 Å². The van der Waals surface area contributed by atoms with Gasteiger partial charge in [-0.3, -0.25) is 5.01 Å². The van der Waals surface area contributed by atoms with E-state index >= 15 is 0 Å². The second-order valence-corrected chi connectivity index (χ2v) is 5.90. The standard InChI is InChI=1S/C15H22N2O/c1-15(2,3)11-16-17-13(10-18-4)9-12-7-5-6-8-14(12)17/h5-8,11,13H,9-10H2,1-4H3/b16-11+/t13-/m0/s1. The van der Waals surface area contributed by atoms with Crippen molar-refractivity contribution in [2.24, 2.45) is 10.5 Å². The summed E-state index contributed by atoms with van der Waals surface area (Å²) < 4.78 is 5.30. The Hall–Kier alpha value is -1.35. The molecule has 0 saturated carbocycles. The maximum Gasteiger partial charge on any atom is 0.0800 e. The van der Waals surface area contributed by atoms with Crippen molar-refractivity contribution in [3.05, 3.63) is 29.8 Å². The van der Waals surface area contributed by atoms with Gasteiger partial charge in [-0.15, -0.1) is 0 Å². The quantitative estimate of drug-likeness (QED) is 0.766. The lowest BCUT2D eigenvalue weighted by Crippen LogP contribution is -2.32. The molecule has 0 amide bonds. The number of hydrogen-bond donors (Lipinski definition) is 0. The first-order chi connectivity index (χ1) is 8.51. The molecule has 18 heavy (non-hydrogen) atoms.